The fourth-order valence-corrected chi connectivity index (χ4v) is 6.03. The van der Waals surface area contributed by atoms with E-state index in [9.17, 15) is 31.2 Å². The third-order valence-corrected chi connectivity index (χ3v) is 7.78. The summed E-state index contributed by atoms with van der Waals surface area (Å²) in [5.41, 5.74) is 9.49. The highest BCUT2D eigenvalue weighted by Gasteiger charge is 2.39. The quantitative estimate of drug-likeness (QED) is 0.419. The average molecular weight is 502 g/mol. The minimum atomic E-state index is -4.83. The molecule has 0 saturated carbocycles. The molecule has 176 valence electrons. The summed E-state index contributed by atoms with van der Waals surface area (Å²) in [7, 11) is -3.68. The summed E-state index contributed by atoms with van der Waals surface area (Å²) in [6, 6.07) is 6.70. The van der Waals surface area contributed by atoms with Crippen molar-refractivity contribution >= 4 is 39.4 Å². The Labute approximate surface area is 190 Å². The van der Waals surface area contributed by atoms with Crippen molar-refractivity contribution in [2.75, 3.05) is 11.5 Å². The number of alkyl halides is 3. The van der Waals surface area contributed by atoms with E-state index >= 15 is 0 Å². The zero-order valence-corrected chi connectivity index (χ0v) is 18.5. The molecule has 2 aliphatic rings. The van der Waals surface area contributed by atoms with Gasteiger partial charge in [-0.25, -0.2) is 13.2 Å². The number of carbonyl (C=O) groups is 2. The van der Waals surface area contributed by atoms with E-state index in [0.717, 1.165) is 17.1 Å². The van der Waals surface area contributed by atoms with Crippen LogP contribution in [-0.2, 0) is 28.9 Å². The number of guanidine groups is 1. The number of carboxylic acid groups (broad SMARTS) is 1. The fourth-order valence-electron chi connectivity index (χ4n) is 3.35. The molecular weight excluding hydrogens is 483 g/mol. The number of nitrogens with two attached hydrogens (primary N) is 2. The van der Waals surface area contributed by atoms with Crippen molar-refractivity contribution in [1.29, 1.82) is 0 Å². The number of halogens is 3. The summed E-state index contributed by atoms with van der Waals surface area (Å²) >= 11 is 1.74. The lowest BCUT2D eigenvalue weighted by Crippen LogP contribution is -2.25. The number of hydrogen-bond acceptors (Lipinski definition) is 5. The Morgan fingerprint density at radius 3 is 2.36 bits per heavy atom. The summed E-state index contributed by atoms with van der Waals surface area (Å²) in [6.07, 6.45) is -3.79. The number of benzene rings is 2. The zero-order chi connectivity index (χ0) is 24.6. The van der Waals surface area contributed by atoms with Gasteiger partial charge in [-0.05, 0) is 48.2 Å². The maximum atomic E-state index is 13.0. The maximum absolute atomic E-state index is 13.0. The largest absolute Gasteiger partial charge is 0.478 e. The van der Waals surface area contributed by atoms with Crippen molar-refractivity contribution in [2.24, 2.45) is 16.5 Å². The van der Waals surface area contributed by atoms with Crippen molar-refractivity contribution in [3.05, 3.63) is 58.1 Å². The second kappa shape index (κ2) is 9.06. The van der Waals surface area contributed by atoms with E-state index in [0.29, 0.717) is 17.7 Å². The lowest BCUT2D eigenvalue weighted by molar-refractivity contribution is -0.138. The van der Waals surface area contributed by atoms with Crippen LogP contribution in [0.3, 0.4) is 0 Å². The third-order valence-electron chi connectivity index (χ3n) is 4.89. The Kier molecular flexibility index (Phi) is 6.75. The maximum Gasteiger partial charge on any atom is 0.417 e. The van der Waals surface area contributed by atoms with Gasteiger partial charge in [0.25, 0.3) is 5.91 Å². The van der Waals surface area contributed by atoms with Gasteiger partial charge in [0.1, 0.15) is 0 Å². The molecule has 33 heavy (non-hydrogen) atoms. The van der Waals surface area contributed by atoms with Crippen molar-refractivity contribution in [2.45, 2.75) is 28.8 Å². The van der Waals surface area contributed by atoms with E-state index in [1.54, 1.807) is 23.9 Å². The van der Waals surface area contributed by atoms with Gasteiger partial charge in [0.2, 0.25) is 0 Å². The number of hydrogen-bond donors (Lipinski definition) is 3. The number of amides is 1. The van der Waals surface area contributed by atoms with Crippen LogP contribution in [0.15, 0.2) is 45.1 Å². The van der Waals surface area contributed by atoms with Gasteiger partial charge in [-0.15, -0.1) is 11.8 Å². The SMILES string of the molecule is NC(N)=NC(=O)c1cc2c(cc1C(F)(F)F)CCS2(=O)=O.O=C(O)c1ccc2c(c1)SCC2. The van der Waals surface area contributed by atoms with Crippen LogP contribution in [0, 0.1) is 0 Å². The molecule has 0 aliphatic carbocycles. The molecule has 4 rings (SSSR count). The zero-order valence-electron chi connectivity index (χ0n) is 16.8. The molecule has 0 fully saturated rings. The summed E-state index contributed by atoms with van der Waals surface area (Å²) in [5.74, 6) is -2.10. The van der Waals surface area contributed by atoms with Gasteiger partial charge in [-0.1, -0.05) is 6.07 Å². The molecule has 2 aromatic carbocycles. The Balaban J connectivity index is 0.000000215. The van der Waals surface area contributed by atoms with Crippen LogP contribution in [0.5, 0.6) is 0 Å². The van der Waals surface area contributed by atoms with Crippen LogP contribution in [-0.4, -0.2) is 42.9 Å². The van der Waals surface area contributed by atoms with Gasteiger partial charge in [0.05, 0.1) is 27.3 Å². The summed E-state index contributed by atoms with van der Waals surface area (Å²) in [6.45, 7) is 0. The van der Waals surface area contributed by atoms with Crippen LogP contribution < -0.4 is 11.5 Å². The van der Waals surface area contributed by atoms with Gasteiger partial charge in [-0.3, -0.25) is 4.79 Å². The number of carbonyl (C=O) groups excluding carboxylic acids is 1. The van der Waals surface area contributed by atoms with E-state index in [-0.39, 0.29) is 22.6 Å². The predicted octanol–water partition coefficient (Wildman–Crippen LogP) is 2.48. The molecule has 0 bridgehead atoms. The first-order chi connectivity index (χ1) is 15.3. The number of sulfone groups is 1. The highest BCUT2D eigenvalue weighted by molar-refractivity contribution is 7.99. The second-order valence-corrected chi connectivity index (χ2v) is 10.4. The second-order valence-electron chi connectivity index (χ2n) is 7.14. The lowest BCUT2D eigenvalue weighted by Gasteiger charge is -2.12. The first kappa shape index (κ1) is 24.6. The standard InChI is InChI=1S/C11H10F3N3O3S.C9H8O2S/c12-11(13,14)7-3-5-1-2-21(19,20)8(5)4-6(7)9(18)17-10(15)16;10-9(11)7-2-1-6-3-4-12-8(6)5-7/h3-4H,1-2H2,(H4,15,16,17,18);1-2,5H,3-4H2,(H,10,11). The van der Waals surface area contributed by atoms with Crippen molar-refractivity contribution in [3.63, 3.8) is 0 Å². The minimum Gasteiger partial charge on any atom is -0.478 e. The van der Waals surface area contributed by atoms with E-state index < -0.39 is 45.0 Å². The van der Waals surface area contributed by atoms with Gasteiger partial charge < -0.3 is 16.6 Å². The van der Waals surface area contributed by atoms with Crippen LogP contribution >= 0.6 is 11.8 Å². The molecule has 1 amide bonds. The summed E-state index contributed by atoms with van der Waals surface area (Å²) in [5, 5.41) is 8.71. The molecule has 0 aromatic heterocycles. The Morgan fingerprint density at radius 1 is 1.06 bits per heavy atom. The van der Waals surface area contributed by atoms with Crippen molar-refractivity contribution in [3.8, 4) is 0 Å². The molecule has 0 unspecified atom stereocenters. The van der Waals surface area contributed by atoms with E-state index in [1.165, 1.54) is 5.56 Å². The molecule has 0 saturated heterocycles. The summed E-state index contributed by atoms with van der Waals surface area (Å²) in [4.78, 5) is 26.2. The number of rotatable bonds is 2. The van der Waals surface area contributed by atoms with Crippen molar-refractivity contribution < 1.29 is 36.3 Å². The molecule has 13 heteroatoms. The Morgan fingerprint density at radius 2 is 1.76 bits per heavy atom. The molecule has 5 N–H and O–H groups in total. The molecular formula is C20H18F3N3O5S2. The van der Waals surface area contributed by atoms with E-state index in [1.807, 2.05) is 6.07 Å². The van der Waals surface area contributed by atoms with Crippen LogP contribution in [0.25, 0.3) is 0 Å². The molecule has 0 spiro atoms. The summed E-state index contributed by atoms with van der Waals surface area (Å²) < 4.78 is 62.5. The van der Waals surface area contributed by atoms with Crippen LogP contribution in [0.4, 0.5) is 13.2 Å². The number of fused-ring (bicyclic) bond motifs is 2. The first-order valence-corrected chi connectivity index (χ1v) is 12.0. The molecule has 2 aromatic rings. The van der Waals surface area contributed by atoms with Crippen LogP contribution in [0.2, 0.25) is 0 Å². The van der Waals surface area contributed by atoms with E-state index in [4.69, 9.17) is 16.6 Å². The average Bonchev–Trinajstić information content (AvgIpc) is 3.29. The van der Waals surface area contributed by atoms with Crippen molar-refractivity contribution in [1.82, 2.24) is 0 Å². The van der Waals surface area contributed by atoms with Gasteiger partial charge >= 0.3 is 12.1 Å². The minimum absolute atomic E-state index is 0.0302. The molecule has 0 radical (unpaired) electrons. The third kappa shape index (κ3) is 5.47. The monoisotopic (exact) mass is 501 g/mol. The predicted molar refractivity (Wildman–Crippen MR) is 115 cm³/mol. The smallest absolute Gasteiger partial charge is 0.417 e. The molecule has 0 atom stereocenters. The Hall–Kier alpha value is -3.06. The number of nitrogens with zero attached hydrogens (tertiary/aromatic N) is 1. The number of aliphatic imine (C=N–C) groups is 1. The number of aromatic carboxylic acids is 1. The van der Waals surface area contributed by atoms with Gasteiger partial charge in [-0.2, -0.15) is 18.2 Å². The highest BCUT2D eigenvalue weighted by Crippen LogP contribution is 2.37. The van der Waals surface area contributed by atoms with Gasteiger partial charge in [0.15, 0.2) is 15.8 Å². The molecule has 2 heterocycles. The van der Waals surface area contributed by atoms with Gasteiger partial charge in [0, 0.05) is 10.6 Å². The fraction of sp³-hybridized carbons (Fsp3) is 0.250. The molecule has 8 nitrogen and oxygen atoms in total. The Bertz CT molecular complexity index is 1270. The number of thioether (sulfide) groups is 1. The first-order valence-electron chi connectivity index (χ1n) is 9.39. The normalized spacial score (nSPS) is 15.6. The molecule has 2 aliphatic heterocycles. The van der Waals surface area contributed by atoms with E-state index in [2.05, 4.69) is 4.99 Å². The van der Waals surface area contributed by atoms with Crippen LogP contribution in [0.1, 0.15) is 37.4 Å². The topological polar surface area (TPSA) is 153 Å². The number of carboxylic acids is 1. The number of aryl methyl sites for hydroxylation is 2. The highest BCUT2D eigenvalue weighted by atomic mass is 32.2. The lowest BCUT2D eigenvalue weighted by atomic mass is 10.0.